The highest BCUT2D eigenvalue weighted by Crippen LogP contribution is 2.04. The molecule has 0 saturated carbocycles. The van der Waals surface area contributed by atoms with Gasteiger partial charge >= 0.3 is 0 Å². The lowest BCUT2D eigenvalue weighted by atomic mass is 10.2. The Balaban J connectivity index is 2.92. The van der Waals surface area contributed by atoms with E-state index in [-0.39, 0.29) is 0 Å². The molecule has 0 bridgehead atoms. The first-order valence-corrected chi connectivity index (χ1v) is 3.98. The van der Waals surface area contributed by atoms with E-state index in [1.807, 2.05) is 0 Å². The largest absolute Gasteiger partial charge is 0.364 e. The van der Waals surface area contributed by atoms with Crippen molar-refractivity contribution in [2.24, 2.45) is 12.8 Å². The van der Waals surface area contributed by atoms with Crippen molar-refractivity contribution >= 4 is 5.91 Å². The maximum absolute atomic E-state index is 10.8. The first-order valence-electron chi connectivity index (χ1n) is 3.98. The van der Waals surface area contributed by atoms with E-state index in [4.69, 9.17) is 5.73 Å². The van der Waals surface area contributed by atoms with Gasteiger partial charge in [0, 0.05) is 7.05 Å². The van der Waals surface area contributed by atoms with Gasteiger partial charge in [0.2, 0.25) is 0 Å². The molecule has 0 saturated heterocycles. The van der Waals surface area contributed by atoms with E-state index in [1.54, 1.807) is 13.1 Å². The van der Waals surface area contributed by atoms with Gasteiger partial charge in [0.05, 0.1) is 5.69 Å². The molecule has 66 valence electrons. The van der Waals surface area contributed by atoms with Gasteiger partial charge < -0.3 is 5.73 Å². The van der Waals surface area contributed by atoms with Crippen molar-refractivity contribution < 1.29 is 4.79 Å². The number of aryl methyl sites for hydroxylation is 2. The van der Waals surface area contributed by atoms with Crippen molar-refractivity contribution in [3.8, 4) is 0 Å². The fourth-order valence-electron chi connectivity index (χ4n) is 1.14. The van der Waals surface area contributed by atoms with Crippen molar-refractivity contribution in [3.05, 3.63) is 17.5 Å². The molecule has 1 rings (SSSR count). The molecule has 1 heterocycles. The van der Waals surface area contributed by atoms with Crippen LogP contribution in [0.15, 0.2) is 6.07 Å². The number of primary amides is 1. The lowest BCUT2D eigenvalue weighted by molar-refractivity contribution is 0.0991. The summed E-state index contributed by atoms with van der Waals surface area (Å²) in [6, 6.07) is 1.74. The van der Waals surface area contributed by atoms with Gasteiger partial charge in [-0.3, -0.25) is 9.48 Å². The van der Waals surface area contributed by atoms with Gasteiger partial charge in [0.15, 0.2) is 0 Å². The molecule has 12 heavy (non-hydrogen) atoms. The molecule has 1 aromatic rings. The molecule has 0 atom stereocenters. The Hall–Kier alpha value is -1.32. The van der Waals surface area contributed by atoms with Crippen molar-refractivity contribution in [3.63, 3.8) is 0 Å². The van der Waals surface area contributed by atoms with Crippen LogP contribution in [0, 0.1) is 0 Å². The summed E-state index contributed by atoms with van der Waals surface area (Å²) in [5.74, 6) is -0.424. The summed E-state index contributed by atoms with van der Waals surface area (Å²) in [6.45, 7) is 2.07. The minimum atomic E-state index is -0.424. The molecule has 4 heteroatoms. The van der Waals surface area contributed by atoms with E-state index in [2.05, 4.69) is 12.0 Å². The number of carbonyl (C=O) groups is 1. The van der Waals surface area contributed by atoms with Crippen LogP contribution in [-0.4, -0.2) is 15.7 Å². The van der Waals surface area contributed by atoms with E-state index in [9.17, 15) is 4.79 Å². The van der Waals surface area contributed by atoms with E-state index < -0.39 is 5.91 Å². The second kappa shape index (κ2) is 3.38. The molecule has 0 radical (unpaired) electrons. The smallest absolute Gasteiger partial charge is 0.266 e. The first kappa shape index (κ1) is 8.77. The average Bonchev–Trinajstić information content (AvgIpc) is 2.32. The molecular formula is C8H13N3O. The molecule has 0 aliphatic carbocycles. The number of nitrogens with two attached hydrogens (primary N) is 1. The highest BCUT2D eigenvalue weighted by Gasteiger charge is 2.08. The van der Waals surface area contributed by atoms with Gasteiger partial charge in [0.25, 0.3) is 5.91 Å². The Morgan fingerprint density at radius 2 is 2.42 bits per heavy atom. The molecule has 1 aromatic heterocycles. The standard InChI is InChI=1S/C8H13N3O/c1-3-4-6-5-7(8(9)12)11(2)10-6/h5H,3-4H2,1-2H3,(H2,9,12). The highest BCUT2D eigenvalue weighted by atomic mass is 16.1. The topological polar surface area (TPSA) is 60.9 Å². The van der Waals surface area contributed by atoms with Gasteiger partial charge in [-0.05, 0) is 12.5 Å². The molecule has 1 amide bonds. The summed E-state index contributed by atoms with van der Waals surface area (Å²) in [5, 5.41) is 4.14. The van der Waals surface area contributed by atoms with Gasteiger partial charge in [-0.1, -0.05) is 13.3 Å². The second-order valence-electron chi connectivity index (χ2n) is 2.76. The first-order chi connectivity index (χ1) is 5.65. The van der Waals surface area contributed by atoms with Crippen LogP contribution in [0.5, 0.6) is 0 Å². The van der Waals surface area contributed by atoms with Crippen LogP contribution >= 0.6 is 0 Å². The number of nitrogens with zero attached hydrogens (tertiary/aromatic N) is 2. The zero-order valence-electron chi connectivity index (χ0n) is 7.37. The maximum Gasteiger partial charge on any atom is 0.266 e. The van der Waals surface area contributed by atoms with Crippen molar-refractivity contribution in [1.29, 1.82) is 0 Å². The summed E-state index contributed by atoms with van der Waals surface area (Å²) < 4.78 is 1.52. The van der Waals surface area contributed by atoms with E-state index in [0.29, 0.717) is 5.69 Å². The quantitative estimate of drug-likeness (QED) is 0.711. The number of hydrogen-bond donors (Lipinski definition) is 1. The van der Waals surface area contributed by atoms with Crippen molar-refractivity contribution in [1.82, 2.24) is 9.78 Å². The molecular weight excluding hydrogens is 154 g/mol. The highest BCUT2D eigenvalue weighted by molar-refractivity contribution is 5.91. The monoisotopic (exact) mass is 167 g/mol. The van der Waals surface area contributed by atoms with Gasteiger partial charge in [0.1, 0.15) is 5.69 Å². The lowest BCUT2D eigenvalue weighted by Gasteiger charge is -1.92. The minimum absolute atomic E-state index is 0.424. The Bertz CT molecular complexity index is 290. The predicted molar refractivity (Wildman–Crippen MR) is 45.7 cm³/mol. The van der Waals surface area contributed by atoms with Gasteiger partial charge in [-0.2, -0.15) is 5.10 Å². The summed E-state index contributed by atoms with van der Waals surface area (Å²) in [6.07, 6.45) is 1.91. The van der Waals surface area contributed by atoms with Gasteiger partial charge in [-0.15, -0.1) is 0 Å². The molecule has 0 aliphatic rings. The second-order valence-corrected chi connectivity index (χ2v) is 2.76. The molecule has 0 aliphatic heterocycles. The Kier molecular flexibility index (Phi) is 2.47. The van der Waals surface area contributed by atoms with Crippen LogP contribution in [-0.2, 0) is 13.5 Å². The Labute approximate surface area is 71.4 Å². The molecule has 2 N–H and O–H groups in total. The summed E-state index contributed by atoms with van der Waals surface area (Å²) in [7, 11) is 1.72. The lowest BCUT2D eigenvalue weighted by Crippen LogP contribution is -2.15. The Morgan fingerprint density at radius 1 is 1.75 bits per heavy atom. The average molecular weight is 167 g/mol. The summed E-state index contributed by atoms with van der Waals surface area (Å²) in [5.41, 5.74) is 6.52. The van der Waals surface area contributed by atoms with Crippen LogP contribution in [0.2, 0.25) is 0 Å². The summed E-state index contributed by atoms with van der Waals surface area (Å²) in [4.78, 5) is 10.8. The molecule has 0 unspecified atom stereocenters. The fourth-order valence-corrected chi connectivity index (χ4v) is 1.14. The minimum Gasteiger partial charge on any atom is -0.364 e. The number of rotatable bonds is 3. The zero-order valence-corrected chi connectivity index (χ0v) is 7.37. The zero-order chi connectivity index (χ0) is 9.14. The van der Waals surface area contributed by atoms with Crippen LogP contribution in [0.3, 0.4) is 0 Å². The molecule has 0 fully saturated rings. The van der Waals surface area contributed by atoms with Gasteiger partial charge in [-0.25, -0.2) is 0 Å². The Morgan fingerprint density at radius 3 is 2.83 bits per heavy atom. The normalized spacial score (nSPS) is 10.2. The van der Waals surface area contributed by atoms with E-state index in [1.165, 1.54) is 4.68 Å². The molecule has 4 nitrogen and oxygen atoms in total. The number of amides is 1. The van der Waals surface area contributed by atoms with Crippen LogP contribution in [0.25, 0.3) is 0 Å². The third-order valence-corrected chi connectivity index (χ3v) is 1.69. The summed E-state index contributed by atoms with van der Waals surface area (Å²) >= 11 is 0. The van der Waals surface area contributed by atoms with Crippen LogP contribution < -0.4 is 5.73 Å². The SMILES string of the molecule is CCCc1cc(C(N)=O)n(C)n1. The fraction of sp³-hybridized carbons (Fsp3) is 0.500. The van der Waals surface area contributed by atoms with Crippen LogP contribution in [0.4, 0.5) is 0 Å². The molecule has 0 aromatic carbocycles. The third kappa shape index (κ3) is 1.64. The maximum atomic E-state index is 10.8. The predicted octanol–water partition coefficient (Wildman–Crippen LogP) is 0.472. The molecule has 0 spiro atoms. The number of hydrogen-bond acceptors (Lipinski definition) is 2. The van der Waals surface area contributed by atoms with Crippen LogP contribution in [0.1, 0.15) is 29.5 Å². The number of aromatic nitrogens is 2. The van der Waals surface area contributed by atoms with E-state index in [0.717, 1.165) is 18.5 Å². The third-order valence-electron chi connectivity index (χ3n) is 1.69. The van der Waals surface area contributed by atoms with E-state index >= 15 is 0 Å². The van der Waals surface area contributed by atoms with Crippen molar-refractivity contribution in [2.75, 3.05) is 0 Å². The van der Waals surface area contributed by atoms with Crippen molar-refractivity contribution in [2.45, 2.75) is 19.8 Å². The number of carbonyl (C=O) groups excluding carboxylic acids is 1.